The van der Waals surface area contributed by atoms with Crippen LogP contribution in [0.3, 0.4) is 0 Å². The molecule has 0 atom stereocenters. The highest BCUT2D eigenvalue weighted by atomic mass is 32.1. The number of esters is 1. The molecule has 3 heterocycles. The first kappa shape index (κ1) is 19.5. The minimum atomic E-state index is -0.607. The Bertz CT molecular complexity index is 1280. The van der Waals surface area contributed by atoms with Crippen LogP contribution < -0.4 is 10.9 Å². The number of furan rings is 1. The highest BCUT2D eigenvalue weighted by Crippen LogP contribution is 2.15. The number of ether oxygens (including phenoxy) is 1. The van der Waals surface area contributed by atoms with Crippen LogP contribution in [-0.4, -0.2) is 26.5 Å². The Labute approximate surface area is 173 Å². The molecular formula is C20H16N4O5S. The van der Waals surface area contributed by atoms with Crippen molar-refractivity contribution in [3.05, 3.63) is 81.1 Å². The summed E-state index contributed by atoms with van der Waals surface area (Å²) in [5, 5.41) is 7.62. The summed E-state index contributed by atoms with van der Waals surface area (Å²) in [5.74, 6) is -0.880. The van der Waals surface area contributed by atoms with Crippen molar-refractivity contribution < 1.29 is 18.7 Å². The molecule has 0 saturated carbocycles. The predicted molar refractivity (Wildman–Crippen MR) is 109 cm³/mol. The van der Waals surface area contributed by atoms with Crippen molar-refractivity contribution in [2.24, 2.45) is 0 Å². The van der Waals surface area contributed by atoms with Gasteiger partial charge in [-0.1, -0.05) is 24.3 Å². The lowest BCUT2D eigenvalue weighted by Crippen LogP contribution is -2.17. The van der Waals surface area contributed by atoms with Crippen LogP contribution in [0.25, 0.3) is 4.96 Å². The van der Waals surface area contributed by atoms with Crippen molar-refractivity contribution in [1.29, 1.82) is 0 Å². The second-order valence-corrected chi connectivity index (χ2v) is 7.26. The lowest BCUT2D eigenvalue weighted by molar-refractivity contribution is 0.0467. The largest absolute Gasteiger partial charge is 0.459 e. The Balaban J connectivity index is 1.45. The third-order valence-corrected chi connectivity index (χ3v) is 5.15. The van der Waals surface area contributed by atoms with Crippen LogP contribution in [0.2, 0.25) is 0 Å². The van der Waals surface area contributed by atoms with Gasteiger partial charge in [-0.3, -0.25) is 9.59 Å². The van der Waals surface area contributed by atoms with Crippen molar-refractivity contribution in [1.82, 2.24) is 14.6 Å². The monoisotopic (exact) mass is 424 g/mol. The number of anilines is 1. The summed E-state index contributed by atoms with van der Waals surface area (Å²) in [7, 11) is 0. The van der Waals surface area contributed by atoms with E-state index in [0.29, 0.717) is 22.8 Å². The van der Waals surface area contributed by atoms with Crippen molar-refractivity contribution >= 4 is 33.9 Å². The third-order valence-electron chi connectivity index (χ3n) is 4.09. The summed E-state index contributed by atoms with van der Waals surface area (Å²) in [5.41, 5.74) is 0.670. The van der Waals surface area contributed by atoms with Gasteiger partial charge in [0, 0.05) is 11.8 Å². The van der Waals surface area contributed by atoms with Crippen LogP contribution in [0.5, 0.6) is 0 Å². The minimum absolute atomic E-state index is 0.157. The number of nitrogens with zero attached hydrogens (tertiary/aromatic N) is 3. The minimum Gasteiger partial charge on any atom is -0.459 e. The number of amides is 1. The molecule has 0 saturated heterocycles. The van der Waals surface area contributed by atoms with E-state index in [1.54, 1.807) is 24.3 Å². The fraction of sp³-hybridized carbons (Fsp3) is 0.150. The molecule has 30 heavy (non-hydrogen) atoms. The average molecular weight is 424 g/mol. The molecule has 0 aliphatic rings. The maximum Gasteiger partial charge on any atom is 0.338 e. The molecule has 0 spiro atoms. The van der Waals surface area contributed by atoms with Gasteiger partial charge in [0.15, 0.2) is 5.76 Å². The summed E-state index contributed by atoms with van der Waals surface area (Å²) >= 11 is 1.32. The first-order chi connectivity index (χ1) is 14.5. The second-order valence-electron chi connectivity index (χ2n) is 6.22. The molecule has 0 unspecified atom stereocenters. The number of nitrogens with one attached hydrogen (secondary N) is 1. The molecule has 1 aromatic carbocycles. The highest BCUT2D eigenvalue weighted by molar-refractivity contribution is 7.16. The van der Waals surface area contributed by atoms with Crippen molar-refractivity contribution in [3.8, 4) is 0 Å². The first-order valence-corrected chi connectivity index (χ1v) is 9.86. The average Bonchev–Trinajstić information content (AvgIpc) is 3.42. The van der Waals surface area contributed by atoms with Crippen LogP contribution in [0, 0.1) is 0 Å². The molecule has 1 N–H and O–H groups in total. The van der Waals surface area contributed by atoms with Gasteiger partial charge in [-0.05, 0) is 36.8 Å². The smallest absolute Gasteiger partial charge is 0.338 e. The van der Waals surface area contributed by atoms with E-state index in [2.05, 4.69) is 15.4 Å². The molecule has 9 nitrogen and oxygen atoms in total. The molecule has 0 bridgehead atoms. The lowest BCUT2D eigenvalue weighted by atomic mass is 10.2. The molecule has 0 aliphatic heterocycles. The van der Waals surface area contributed by atoms with Gasteiger partial charge >= 0.3 is 5.97 Å². The Morgan fingerprint density at radius 2 is 2.10 bits per heavy atom. The van der Waals surface area contributed by atoms with E-state index in [9.17, 15) is 14.4 Å². The predicted octanol–water partition coefficient (Wildman–Crippen LogP) is 2.92. The molecule has 0 radical (unpaired) electrons. The fourth-order valence-electron chi connectivity index (χ4n) is 2.66. The maximum atomic E-state index is 12.4. The van der Waals surface area contributed by atoms with Gasteiger partial charge in [-0.25, -0.2) is 9.78 Å². The number of hydrogen-bond donors (Lipinski definition) is 1. The van der Waals surface area contributed by atoms with Gasteiger partial charge in [0.2, 0.25) is 4.96 Å². The quantitative estimate of drug-likeness (QED) is 0.473. The Morgan fingerprint density at radius 3 is 2.87 bits per heavy atom. The summed E-state index contributed by atoms with van der Waals surface area (Å²) in [4.78, 5) is 41.4. The zero-order valence-corrected chi connectivity index (χ0v) is 16.6. The SMILES string of the molecule is CCc1nn2c(=O)cc(COC(=O)c3cccc(NC(=O)c4ccco4)c3)nc2s1. The van der Waals surface area contributed by atoms with Crippen LogP contribution in [0.1, 0.15) is 38.5 Å². The maximum absolute atomic E-state index is 12.4. The molecule has 0 aliphatic carbocycles. The number of benzene rings is 1. The first-order valence-electron chi connectivity index (χ1n) is 9.04. The molecule has 3 aromatic heterocycles. The number of fused-ring (bicyclic) bond motifs is 1. The topological polar surface area (TPSA) is 116 Å². The number of hydrogen-bond acceptors (Lipinski definition) is 8. The van der Waals surface area contributed by atoms with Crippen LogP contribution in [0.15, 0.2) is 57.9 Å². The zero-order chi connectivity index (χ0) is 21.1. The van der Waals surface area contributed by atoms with Gasteiger partial charge in [0.05, 0.1) is 17.5 Å². The van der Waals surface area contributed by atoms with E-state index in [4.69, 9.17) is 9.15 Å². The number of carbonyl (C=O) groups excluding carboxylic acids is 2. The van der Waals surface area contributed by atoms with Gasteiger partial charge in [0.1, 0.15) is 11.6 Å². The standard InChI is InChI=1S/C20H16N4O5S/c1-2-16-23-24-17(25)10-14(22-20(24)30-16)11-29-19(27)12-5-3-6-13(9-12)21-18(26)15-7-4-8-28-15/h3-10H,2,11H2,1H3,(H,21,26). The van der Waals surface area contributed by atoms with Crippen molar-refractivity contribution in [3.63, 3.8) is 0 Å². The van der Waals surface area contributed by atoms with Crippen molar-refractivity contribution in [2.45, 2.75) is 20.0 Å². The Morgan fingerprint density at radius 1 is 1.23 bits per heavy atom. The van der Waals surface area contributed by atoms with Crippen LogP contribution in [0.4, 0.5) is 5.69 Å². The summed E-state index contributed by atoms with van der Waals surface area (Å²) in [6, 6.07) is 10.7. The summed E-state index contributed by atoms with van der Waals surface area (Å²) in [6.45, 7) is 1.78. The zero-order valence-electron chi connectivity index (χ0n) is 15.8. The fourth-order valence-corrected chi connectivity index (χ4v) is 3.52. The third kappa shape index (κ3) is 4.13. The number of aromatic nitrogens is 3. The van der Waals surface area contributed by atoms with E-state index in [0.717, 1.165) is 5.01 Å². The van der Waals surface area contributed by atoms with Gasteiger partial charge in [-0.15, -0.1) is 0 Å². The van der Waals surface area contributed by atoms with Gasteiger partial charge in [0.25, 0.3) is 11.5 Å². The Hall–Kier alpha value is -3.79. The molecule has 0 fully saturated rings. The van der Waals surface area contributed by atoms with Crippen LogP contribution >= 0.6 is 11.3 Å². The molecule has 10 heteroatoms. The van der Waals surface area contributed by atoms with Crippen LogP contribution in [-0.2, 0) is 17.8 Å². The number of aryl methyl sites for hydroxylation is 1. The van der Waals surface area contributed by atoms with E-state index >= 15 is 0 Å². The van der Waals surface area contributed by atoms with E-state index < -0.39 is 11.9 Å². The normalized spacial score (nSPS) is 10.8. The molecule has 1 amide bonds. The molecule has 152 valence electrons. The Kier molecular flexibility index (Phi) is 5.40. The summed E-state index contributed by atoms with van der Waals surface area (Å²) < 4.78 is 11.6. The molecule has 4 rings (SSSR count). The van der Waals surface area contributed by atoms with E-state index in [1.165, 1.54) is 40.3 Å². The summed E-state index contributed by atoms with van der Waals surface area (Å²) in [6.07, 6.45) is 2.10. The second kappa shape index (κ2) is 8.29. The number of rotatable bonds is 6. The molecule has 4 aromatic rings. The van der Waals surface area contributed by atoms with E-state index in [1.807, 2.05) is 6.92 Å². The van der Waals surface area contributed by atoms with Gasteiger partial charge < -0.3 is 14.5 Å². The molecular weight excluding hydrogens is 408 g/mol. The highest BCUT2D eigenvalue weighted by Gasteiger charge is 2.13. The van der Waals surface area contributed by atoms with E-state index in [-0.39, 0.29) is 23.5 Å². The van der Waals surface area contributed by atoms with Crippen molar-refractivity contribution in [2.75, 3.05) is 5.32 Å². The lowest BCUT2D eigenvalue weighted by Gasteiger charge is -2.07. The van der Waals surface area contributed by atoms with Gasteiger partial charge in [-0.2, -0.15) is 9.61 Å². The number of carbonyl (C=O) groups is 2.